The van der Waals surface area contributed by atoms with Gasteiger partial charge in [-0.25, -0.2) is 8.78 Å². The number of alkyl halides is 3. The normalized spacial score (nSPS) is 12.0. The third-order valence-corrected chi connectivity index (χ3v) is 10.6. The van der Waals surface area contributed by atoms with E-state index in [0.29, 0.717) is 22.1 Å². The van der Waals surface area contributed by atoms with Crippen LogP contribution in [0.5, 0.6) is 0 Å². The van der Waals surface area contributed by atoms with Gasteiger partial charge < -0.3 is 9.13 Å². The minimum Gasteiger partial charge on any atom is -0.309 e. The molecule has 2 aromatic heterocycles. The number of nitrogens with zero attached hydrogens (tertiary/aromatic N) is 2. The van der Waals surface area contributed by atoms with Gasteiger partial charge in [0, 0.05) is 33.2 Å². The molecule has 2 nitrogen and oxygen atoms in total. The van der Waals surface area contributed by atoms with Gasteiger partial charge in [0.1, 0.15) is 11.6 Å². The van der Waals surface area contributed by atoms with Gasteiger partial charge in [-0.2, -0.15) is 13.2 Å². The van der Waals surface area contributed by atoms with Gasteiger partial charge in [0.05, 0.1) is 39.0 Å². The van der Waals surface area contributed by atoms with Gasteiger partial charge in [-0.1, -0.05) is 121 Å². The van der Waals surface area contributed by atoms with Crippen LogP contribution in [0.3, 0.4) is 0 Å². The van der Waals surface area contributed by atoms with E-state index in [4.69, 9.17) is 0 Å². The molecule has 0 N–H and O–H groups in total. The van der Waals surface area contributed by atoms with Crippen molar-refractivity contribution in [2.45, 2.75) is 6.18 Å². The summed E-state index contributed by atoms with van der Waals surface area (Å²) in [6.45, 7) is 0. The van der Waals surface area contributed by atoms with Crippen molar-refractivity contribution in [2.75, 3.05) is 0 Å². The Hall–Kier alpha value is -6.99. The summed E-state index contributed by atoms with van der Waals surface area (Å²) in [5.41, 5.74) is 5.84. The summed E-state index contributed by atoms with van der Waals surface area (Å²) in [5.74, 6) is -1.70. The van der Waals surface area contributed by atoms with Crippen LogP contribution in [0.4, 0.5) is 22.0 Å². The van der Waals surface area contributed by atoms with Crippen LogP contribution in [-0.2, 0) is 6.18 Å². The molecule has 0 spiro atoms. The smallest absolute Gasteiger partial charge is 0.309 e. The molecule has 10 rings (SSSR count). The number of fused-ring (bicyclic) bond motifs is 6. The number of hydrogen-bond acceptors (Lipinski definition) is 0. The molecule has 0 radical (unpaired) electrons. The SMILES string of the molecule is Fc1cc(F)cc(-c2c(-n3c4ccccc4c4ccc(-c5ccccc5)cc43)cc(C(F)(F)F)cc2-n2c3ccccc3c3ccc(-c4ccccc4)cc32)c1. The predicted octanol–water partition coefficient (Wildman–Crippen LogP) is 14.2. The maximum Gasteiger partial charge on any atom is 0.416 e. The molecule has 0 unspecified atom stereocenters. The van der Waals surface area contributed by atoms with Gasteiger partial charge in [0.15, 0.2) is 0 Å². The second-order valence-corrected chi connectivity index (χ2v) is 13.9. The molecule has 7 heteroatoms. The Labute approximate surface area is 317 Å². The van der Waals surface area contributed by atoms with Crippen molar-refractivity contribution in [2.24, 2.45) is 0 Å². The van der Waals surface area contributed by atoms with E-state index in [1.54, 1.807) is 9.13 Å². The van der Waals surface area contributed by atoms with E-state index in [0.717, 1.165) is 62.0 Å². The number of aromatic nitrogens is 2. The van der Waals surface area contributed by atoms with Crippen LogP contribution in [-0.4, -0.2) is 9.13 Å². The lowest BCUT2D eigenvalue weighted by atomic mass is 9.97. The fourth-order valence-corrected chi connectivity index (χ4v) is 8.20. The number of benzene rings is 8. The van der Waals surface area contributed by atoms with E-state index in [-0.39, 0.29) is 22.5 Å². The molecule has 0 fully saturated rings. The van der Waals surface area contributed by atoms with Crippen molar-refractivity contribution in [3.63, 3.8) is 0 Å². The lowest BCUT2D eigenvalue weighted by Gasteiger charge is -2.23. The van der Waals surface area contributed by atoms with Crippen LogP contribution < -0.4 is 0 Å². The first kappa shape index (κ1) is 33.6. The van der Waals surface area contributed by atoms with E-state index in [1.807, 2.05) is 146 Å². The van der Waals surface area contributed by atoms with Gasteiger partial charge in [0.2, 0.25) is 0 Å². The van der Waals surface area contributed by atoms with Crippen LogP contribution in [0.25, 0.3) is 88.4 Å². The van der Waals surface area contributed by atoms with E-state index >= 15 is 22.0 Å². The average Bonchev–Trinajstić information content (AvgIpc) is 3.72. The minimum absolute atomic E-state index is 0.0940. The summed E-state index contributed by atoms with van der Waals surface area (Å²) in [4.78, 5) is 0. The molecule has 8 aromatic carbocycles. The molecule has 0 amide bonds. The first-order valence-electron chi connectivity index (χ1n) is 18.1. The van der Waals surface area contributed by atoms with Crippen molar-refractivity contribution in [1.29, 1.82) is 0 Å². The first-order valence-corrected chi connectivity index (χ1v) is 18.1. The summed E-state index contributed by atoms with van der Waals surface area (Å²) in [5, 5.41) is 3.28. The first-order chi connectivity index (χ1) is 27.2. The summed E-state index contributed by atoms with van der Waals surface area (Å²) in [7, 11) is 0. The van der Waals surface area contributed by atoms with Crippen molar-refractivity contribution < 1.29 is 22.0 Å². The van der Waals surface area contributed by atoms with Crippen molar-refractivity contribution in [1.82, 2.24) is 9.13 Å². The van der Waals surface area contributed by atoms with Crippen LogP contribution in [0.2, 0.25) is 0 Å². The van der Waals surface area contributed by atoms with E-state index < -0.39 is 23.4 Å². The average molecular weight is 741 g/mol. The lowest BCUT2D eigenvalue weighted by molar-refractivity contribution is -0.137. The molecule has 2 heterocycles. The third-order valence-electron chi connectivity index (χ3n) is 10.6. The summed E-state index contributed by atoms with van der Waals surface area (Å²) in [6, 6.07) is 51.7. The Morgan fingerprint density at radius 3 is 1.20 bits per heavy atom. The van der Waals surface area contributed by atoms with Crippen LogP contribution >= 0.6 is 0 Å². The fourth-order valence-electron chi connectivity index (χ4n) is 8.20. The molecule has 0 saturated heterocycles. The van der Waals surface area contributed by atoms with Gasteiger partial charge >= 0.3 is 6.18 Å². The Kier molecular flexibility index (Phi) is 7.68. The van der Waals surface area contributed by atoms with E-state index in [1.165, 1.54) is 12.1 Å². The topological polar surface area (TPSA) is 9.86 Å². The van der Waals surface area contributed by atoms with Gasteiger partial charge in [-0.05, 0) is 76.3 Å². The maximum atomic E-state index is 15.4. The zero-order valence-electron chi connectivity index (χ0n) is 29.5. The van der Waals surface area contributed by atoms with Crippen molar-refractivity contribution in [3.8, 4) is 44.8 Å². The van der Waals surface area contributed by atoms with E-state index in [2.05, 4.69) is 0 Å². The molecular weight excluding hydrogens is 712 g/mol. The van der Waals surface area contributed by atoms with Gasteiger partial charge in [-0.3, -0.25) is 0 Å². The molecule has 56 heavy (non-hydrogen) atoms. The summed E-state index contributed by atoms with van der Waals surface area (Å²) < 4.78 is 80.5. The predicted molar refractivity (Wildman–Crippen MR) is 216 cm³/mol. The molecule has 0 atom stereocenters. The highest BCUT2D eigenvalue weighted by molar-refractivity contribution is 6.13. The number of para-hydroxylation sites is 2. The highest BCUT2D eigenvalue weighted by Gasteiger charge is 2.34. The number of rotatable bonds is 5. The summed E-state index contributed by atoms with van der Waals surface area (Å²) in [6.07, 6.45) is -4.78. The zero-order valence-corrected chi connectivity index (χ0v) is 29.5. The lowest BCUT2D eigenvalue weighted by Crippen LogP contribution is -2.11. The largest absolute Gasteiger partial charge is 0.416 e. The quantitative estimate of drug-likeness (QED) is 0.156. The van der Waals surface area contributed by atoms with E-state index in [9.17, 15) is 0 Å². The Bertz CT molecular complexity index is 2940. The molecule has 0 saturated carbocycles. The highest BCUT2D eigenvalue weighted by atomic mass is 19.4. The standard InChI is InChI=1S/C49H29F5N2/c50-36-23-34(24-37(51)29-36)48-46(55-42-17-9-7-15-38(42)40-21-19-32(25-44(40)55)30-11-3-1-4-12-30)27-35(49(52,53)54)28-47(48)56-43-18-10-8-16-39(43)41-22-20-33(26-45(41)56)31-13-5-2-6-14-31/h1-29H. The second-order valence-electron chi connectivity index (χ2n) is 13.9. The zero-order chi connectivity index (χ0) is 38.1. The number of hydrogen-bond donors (Lipinski definition) is 0. The maximum absolute atomic E-state index is 15.4. The Balaban J connectivity index is 1.40. The molecule has 0 bridgehead atoms. The van der Waals surface area contributed by atoms with Crippen LogP contribution in [0.15, 0.2) is 176 Å². The molecule has 0 aliphatic rings. The monoisotopic (exact) mass is 740 g/mol. The second kappa shape index (κ2) is 12.8. The van der Waals surface area contributed by atoms with Gasteiger partial charge in [0.25, 0.3) is 0 Å². The molecule has 0 aliphatic carbocycles. The highest BCUT2D eigenvalue weighted by Crippen LogP contribution is 2.46. The molecule has 0 aliphatic heterocycles. The Morgan fingerprint density at radius 1 is 0.339 bits per heavy atom. The third kappa shape index (κ3) is 5.46. The number of halogens is 5. The van der Waals surface area contributed by atoms with Crippen LogP contribution in [0.1, 0.15) is 5.56 Å². The minimum atomic E-state index is -4.78. The summed E-state index contributed by atoms with van der Waals surface area (Å²) >= 11 is 0. The van der Waals surface area contributed by atoms with Crippen molar-refractivity contribution >= 4 is 43.6 Å². The fraction of sp³-hybridized carbons (Fsp3) is 0.0204. The molecule has 270 valence electrons. The molecule has 10 aromatic rings. The van der Waals surface area contributed by atoms with Gasteiger partial charge in [-0.15, -0.1) is 0 Å². The van der Waals surface area contributed by atoms with Crippen LogP contribution in [0, 0.1) is 11.6 Å². The van der Waals surface area contributed by atoms with Crippen molar-refractivity contribution in [3.05, 3.63) is 193 Å². The molecular formula is C49H29F5N2. The Morgan fingerprint density at radius 2 is 0.750 bits per heavy atom.